The third-order valence-electron chi connectivity index (χ3n) is 2.63. The van der Waals surface area contributed by atoms with Crippen LogP contribution in [0.15, 0.2) is 41.3 Å². The molecule has 7 heteroatoms. The Morgan fingerprint density at radius 2 is 1.95 bits per heavy atom. The van der Waals surface area contributed by atoms with Crippen molar-refractivity contribution in [3.05, 3.63) is 52.8 Å². The maximum Gasteiger partial charge on any atom is 0.264 e. The summed E-state index contributed by atoms with van der Waals surface area (Å²) in [7, 11) is -3.91. The maximum absolute atomic E-state index is 13.2. The predicted molar refractivity (Wildman–Crippen MR) is 77.8 cm³/mol. The molecular weight excluding hydrogens is 303 g/mol. The first-order valence-corrected chi connectivity index (χ1v) is 7.50. The Labute approximate surface area is 121 Å². The van der Waals surface area contributed by atoms with Crippen LogP contribution in [0.25, 0.3) is 0 Å². The summed E-state index contributed by atoms with van der Waals surface area (Å²) in [5.41, 5.74) is 6.37. The number of anilines is 2. The normalized spacial score (nSPS) is 11.3. The van der Waals surface area contributed by atoms with Gasteiger partial charge in [-0.1, -0.05) is 23.7 Å². The van der Waals surface area contributed by atoms with E-state index in [1.165, 1.54) is 12.1 Å². The van der Waals surface area contributed by atoms with Crippen molar-refractivity contribution in [2.45, 2.75) is 11.8 Å². The highest BCUT2D eigenvalue weighted by atomic mass is 35.5. The molecule has 0 heterocycles. The standard InChI is InChI=1S/C13H12ClFN2O2S/c1-8-3-2-4-12(16)13(8)20(18,19)17-11-6-9(14)5-10(15)7-11/h2-7,17H,16H2,1H3. The summed E-state index contributed by atoms with van der Waals surface area (Å²) in [6, 6.07) is 8.21. The number of hydrogen-bond donors (Lipinski definition) is 2. The second kappa shape index (κ2) is 5.30. The SMILES string of the molecule is Cc1cccc(N)c1S(=O)(=O)Nc1cc(F)cc(Cl)c1. The molecule has 0 aliphatic heterocycles. The fourth-order valence-electron chi connectivity index (χ4n) is 1.86. The molecule has 0 bridgehead atoms. The van der Waals surface area contributed by atoms with Gasteiger partial charge in [0.05, 0.1) is 11.4 Å². The first-order valence-electron chi connectivity index (χ1n) is 5.63. The second-order valence-electron chi connectivity index (χ2n) is 4.26. The Kier molecular flexibility index (Phi) is 3.87. The van der Waals surface area contributed by atoms with Crippen molar-refractivity contribution in [1.82, 2.24) is 0 Å². The number of hydrogen-bond acceptors (Lipinski definition) is 3. The van der Waals surface area contributed by atoms with E-state index in [0.717, 1.165) is 12.1 Å². The van der Waals surface area contributed by atoms with Gasteiger partial charge in [0.15, 0.2) is 0 Å². The van der Waals surface area contributed by atoms with Gasteiger partial charge in [-0.05, 0) is 36.8 Å². The lowest BCUT2D eigenvalue weighted by Gasteiger charge is -2.12. The van der Waals surface area contributed by atoms with E-state index in [-0.39, 0.29) is 21.3 Å². The lowest BCUT2D eigenvalue weighted by Crippen LogP contribution is -2.16. The smallest absolute Gasteiger partial charge is 0.264 e. The molecule has 0 amide bonds. The topological polar surface area (TPSA) is 72.2 Å². The van der Waals surface area contributed by atoms with E-state index in [1.54, 1.807) is 19.1 Å². The zero-order valence-corrected chi connectivity index (χ0v) is 12.1. The summed E-state index contributed by atoms with van der Waals surface area (Å²) in [6.45, 7) is 1.63. The van der Waals surface area contributed by atoms with E-state index in [4.69, 9.17) is 17.3 Å². The molecule has 2 rings (SSSR count). The van der Waals surface area contributed by atoms with Gasteiger partial charge < -0.3 is 5.73 Å². The number of sulfonamides is 1. The molecule has 0 fully saturated rings. The molecular formula is C13H12ClFN2O2S. The van der Waals surface area contributed by atoms with E-state index in [2.05, 4.69) is 4.72 Å². The van der Waals surface area contributed by atoms with Crippen molar-refractivity contribution in [3.8, 4) is 0 Å². The van der Waals surface area contributed by atoms with Crippen LogP contribution in [0.3, 0.4) is 0 Å². The number of halogens is 2. The Balaban J connectivity index is 2.46. The molecule has 0 radical (unpaired) electrons. The van der Waals surface area contributed by atoms with E-state index >= 15 is 0 Å². The van der Waals surface area contributed by atoms with E-state index in [0.29, 0.717) is 5.56 Å². The third-order valence-corrected chi connectivity index (χ3v) is 4.44. The average molecular weight is 315 g/mol. The van der Waals surface area contributed by atoms with Gasteiger partial charge in [-0.2, -0.15) is 0 Å². The quantitative estimate of drug-likeness (QED) is 0.855. The molecule has 2 aromatic rings. The van der Waals surface area contributed by atoms with Crippen molar-refractivity contribution in [1.29, 1.82) is 0 Å². The van der Waals surface area contributed by atoms with Gasteiger partial charge in [-0.3, -0.25) is 4.72 Å². The monoisotopic (exact) mass is 314 g/mol. The van der Waals surface area contributed by atoms with Crippen LogP contribution in [0.2, 0.25) is 5.02 Å². The van der Waals surface area contributed by atoms with E-state index < -0.39 is 15.8 Å². The third kappa shape index (κ3) is 3.02. The minimum Gasteiger partial charge on any atom is -0.398 e. The first-order chi connectivity index (χ1) is 9.29. The Hall–Kier alpha value is -1.79. The van der Waals surface area contributed by atoms with Crippen LogP contribution in [-0.4, -0.2) is 8.42 Å². The first kappa shape index (κ1) is 14.6. The highest BCUT2D eigenvalue weighted by Crippen LogP contribution is 2.26. The van der Waals surface area contributed by atoms with Crippen molar-refractivity contribution < 1.29 is 12.8 Å². The Morgan fingerprint density at radius 3 is 2.55 bits per heavy atom. The summed E-state index contributed by atoms with van der Waals surface area (Å²) in [4.78, 5) is -0.0274. The summed E-state index contributed by atoms with van der Waals surface area (Å²) < 4.78 is 40.1. The van der Waals surface area contributed by atoms with Gasteiger partial charge in [0.25, 0.3) is 10.0 Å². The number of nitrogens with two attached hydrogens (primary N) is 1. The van der Waals surface area contributed by atoms with Crippen LogP contribution in [-0.2, 0) is 10.0 Å². The largest absolute Gasteiger partial charge is 0.398 e. The van der Waals surface area contributed by atoms with Crippen molar-refractivity contribution in [2.75, 3.05) is 10.5 Å². The summed E-state index contributed by atoms with van der Waals surface area (Å²) in [6.07, 6.45) is 0. The average Bonchev–Trinajstić information content (AvgIpc) is 2.25. The minimum absolute atomic E-state index is 0.0274. The van der Waals surface area contributed by atoms with Crippen molar-refractivity contribution in [3.63, 3.8) is 0 Å². The molecule has 0 saturated carbocycles. The molecule has 2 aromatic carbocycles. The predicted octanol–water partition coefficient (Wildman–Crippen LogP) is 3.17. The van der Waals surface area contributed by atoms with Gasteiger partial charge >= 0.3 is 0 Å². The summed E-state index contributed by atoms with van der Waals surface area (Å²) in [5, 5.41) is 0.0976. The highest BCUT2D eigenvalue weighted by Gasteiger charge is 2.20. The molecule has 0 spiro atoms. The van der Waals surface area contributed by atoms with Crippen LogP contribution >= 0.6 is 11.6 Å². The van der Waals surface area contributed by atoms with Crippen LogP contribution in [0.5, 0.6) is 0 Å². The molecule has 4 nitrogen and oxygen atoms in total. The highest BCUT2D eigenvalue weighted by molar-refractivity contribution is 7.93. The Bertz CT molecular complexity index is 722. The lowest BCUT2D eigenvalue weighted by atomic mass is 10.2. The van der Waals surface area contributed by atoms with Gasteiger partial charge in [0.2, 0.25) is 0 Å². The van der Waals surface area contributed by atoms with Crippen molar-refractivity contribution >= 4 is 33.0 Å². The fourth-order valence-corrected chi connectivity index (χ4v) is 3.48. The maximum atomic E-state index is 13.2. The second-order valence-corrected chi connectivity index (χ2v) is 6.31. The lowest BCUT2D eigenvalue weighted by molar-refractivity contribution is 0.601. The molecule has 0 aliphatic rings. The van der Waals surface area contributed by atoms with Crippen molar-refractivity contribution in [2.24, 2.45) is 0 Å². The summed E-state index contributed by atoms with van der Waals surface area (Å²) >= 11 is 5.69. The number of nitrogen functional groups attached to an aromatic ring is 1. The van der Waals surface area contributed by atoms with Gasteiger partial charge in [0, 0.05) is 5.02 Å². The Morgan fingerprint density at radius 1 is 1.25 bits per heavy atom. The zero-order chi connectivity index (χ0) is 14.9. The molecule has 0 unspecified atom stereocenters. The molecule has 0 atom stereocenters. The molecule has 106 valence electrons. The van der Waals surface area contributed by atoms with Crippen LogP contribution in [0, 0.1) is 12.7 Å². The number of aryl methyl sites for hydroxylation is 1. The fraction of sp³-hybridized carbons (Fsp3) is 0.0769. The van der Waals surface area contributed by atoms with Crippen LogP contribution in [0.1, 0.15) is 5.56 Å². The zero-order valence-electron chi connectivity index (χ0n) is 10.5. The molecule has 20 heavy (non-hydrogen) atoms. The van der Waals surface area contributed by atoms with Crippen LogP contribution in [0.4, 0.5) is 15.8 Å². The van der Waals surface area contributed by atoms with E-state index in [9.17, 15) is 12.8 Å². The van der Waals surface area contributed by atoms with Gasteiger partial charge in [0.1, 0.15) is 10.7 Å². The summed E-state index contributed by atoms with van der Waals surface area (Å²) in [5.74, 6) is -0.632. The van der Waals surface area contributed by atoms with Crippen LogP contribution < -0.4 is 10.5 Å². The van der Waals surface area contributed by atoms with Gasteiger partial charge in [-0.15, -0.1) is 0 Å². The van der Waals surface area contributed by atoms with Gasteiger partial charge in [-0.25, -0.2) is 12.8 Å². The molecule has 0 saturated heterocycles. The minimum atomic E-state index is -3.91. The number of benzene rings is 2. The number of nitrogens with one attached hydrogen (secondary N) is 1. The number of rotatable bonds is 3. The molecule has 0 aliphatic carbocycles. The van der Waals surface area contributed by atoms with E-state index in [1.807, 2.05) is 0 Å². The molecule has 0 aromatic heterocycles. The molecule has 3 N–H and O–H groups in total.